The van der Waals surface area contributed by atoms with Crippen LogP contribution in [0.5, 0.6) is 0 Å². The second kappa shape index (κ2) is 6.77. The van der Waals surface area contributed by atoms with Crippen molar-refractivity contribution < 1.29 is 14.7 Å². The highest BCUT2D eigenvalue weighted by Crippen LogP contribution is 2.35. The first-order chi connectivity index (χ1) is 11.5. The Balaban J connectivity index is 1.84. The van der Waals surface area contributed by atoms with Crippen LogP contribution in [-0.4, -0.2) is 23.0 Å². The van der Waals surface area contributed by atoms with Gasteiger partial charge in [0.25, 0.3) is 5.91 Å². The lowest BCUT2D eigenvalue weighted by Gasteiger charge is -2.22. The number of aliphatic carboxylic acids is 1. The minimum absolute atomic E-state index is 0.195. The van der Waals surface area contributed by atoms with E-state index in [1.807, 2.05) is 31.2 Å². The average Bonchev–Trinajstić information content (AvgIpc) is 2.98. The molecule has 0 fully saturated rings. The van der Waals surface area contributed by atoms with Gasteiger partial charge in [0.05, 0.1) is 0 Å². The van der Waals surface area contributed by atoms with Gasteiger partial charge in [-0.1, -0.05) is 40.2 Å². The van der Waals surface area contributed by atoms with Crippen LogP contribution in [0.4, 0.5) is 0 Å². The molecule has 2 atom stereocenters. The first-order valence-corrected chi connectivity index (χ1v) is 8.64. The lowest BCUT2D eigenvalue weighted by atomic mass is 9.93. The van der Waals surface area contributed by atoms with Crippen LogP contribution in [0.25, 0.3) is 0 Å². The first-order valence-electron chi connectivity index (χ1n) is 7.85. The summed E-state index contributed by atoms with van der Waals surface area (Å²) in [5.74, 6) is -1.56. The third-order valence-corrected chi connectivity index (χ3v) is 5.44. The fraction of sp³-hybridized carbons (Fsp3) is 0.263. The summed E-state index contributed by atoms with van der Waals surface area (Å²) >= 11 is 3.40. The van der Waals surface area contributed by atoms with Crippen molar-refractivity contribution >= 4 is 27.8 Å². The monoisotopic (exact) mass is 387 g/mol. The van der Waals surface area contributed by atoms with E-state index < -0.39 is 12.0 Å². The topological polar surface area (TPSA) is 66.4 Å². The third kappa shape index (κ3) is 3.22. The summed E-state index contributed by atoms with van der Waals surface area (Å²) in [7, 11) is 0. The lowest BCUT2D eigenvalue weighted by Crippen LogP contribution is -2.44. The Labute approximate surface area is 149 Å². The van der Waals surface area contributed by atoms with Crippen LogP contribution < -0.4 is 5.32 Å². The molecule has 0 saturated heterocycles. The molecule has 1 aliphatic rings. The number of carboxylic acid groups (broad SMARTS) is 1. The summed E-state index contributed by atoms with van der Waals surface area (Å²) < 4.78 is 0.915. The van der Waals surface area contributed by atoms with Crippen LogP contribution in [-0.2, 0) is 11.2 Å². The van der Waals surface area contributed by atoms with Crippen molar-refractivity contribution in [3.63, 3.8) is 0 Å². The minimum Gasteiger partial charge on any atom is -0.480 e. The zero-order chi connectivity index (χ0) is 17.3. The van der Waals surface area contributed by atoms with Crippen molar-refractivity contribution in [3.8, 4) is 0 Å². The molecule has 0 radical (unpaired) electrons. The van der Waals surface area contributed by atoms with E-state index in [1.54, 1.807) is 18.2 Å². The van der Waals surface area contributed by atoms with Crippen molar-refractivity contribution in [3.05, 3.63) is 69.2 Å². The number of hydrogen-bond donors (Lipinski definition) is 2. The Morgan fingerprint density at radius 2 is 2.00 bits per heavy atom. The van der Waals surface area contributed by atoms with E-state index >= 15 is 0 Å². The summed E-state index contributed by atoms with van der Waals surface area (Å²) in [6, 6.07) is 12.2. The van der Waals surface area contributed by atoms with Gasteiger partial charge >= 0.3 is 5.97 Å². The second-order valence-corrected chi connectivity index (χ2v) is 6.95. The maximum Gasteiger partial charge on any atom is 0.326 e. The van der Waals surface area contributed by atoms with Crippen LogP contribution in [0.2, 0.25) is 0 Å². The molecular weight excluding hydrogens is 370 g/mol. The van der Waals surface area contributed by atoms with Gasteiger partial charge in [-0.05, 0) is 54.7 Å². The fourth-order valence-corrected chi connectivity index (χ4v) is 3.53. The molecule has 24 heavy (non-hydrogen) atoms. The number of carboxylic acids is 1. The molecule has 0 heterocycles. The van der Waals surface area contributed by atoms with Gasteiger partial charge in [-0.15, -0.1) is 0 Å². The molecule has 3 rings (SSSR count). The van der Waals surface area contributed by atoms with Gasteiger partial charge in [0.2, 0.25) is 0 Å². The van der Waals surface area contributed by atoms with Crippen LogP contribution in [0, 0.1) is 6.92 Å². The molecule has 124 valence electrons. The maximum absolute atomic E-state index is 12.5. The number of rotatable bonds is 4. The highest BCUT2D eigenvalue weighted by Gasteiger charge is 2.35. The van der Waals surface area contributed by atoms with Crippen LogP contribution >= 0.6 is 15.9 Å². The average molecular weight is 388 g/mol. The highest BCUT2D eigenvalue weighted by atomic mass is 79.9. The first kappa shape index (κ1) is 16.7. The zero-order valence-electron chi connectivity index (χ0n) is 13.3. The number of aryl methyl sites for hydroxylation is 2. The predicted molar refractivity (Wildman–Crippen MR) is 95.3 cm³/mol. The SMILES string of the molecule is Cc1cc(C(=O)NC(C(=O)O)C2CCc3ccccc32)ccc1Br. The van der Waals surface area contributed by atoms with E-state index in [0.29, 0.717) is 5.56 Å². The molecule has 0 bridgehead atoms. The van der Waals surface area contributed by atoms with Crippen molar-refractivity contribution in [2.24, 2.45) is 0 Å². The van der Waals surface area contributed by atoms with Gasteiger partial charge < -0.3 is 10.4 Å². The van der Waals surface area contributed by atoms with Crippen molar-refractivity contribution in [1.82, 2.24) is 5.32 Å². The van der Waals surface area contributed by atoms with Crippen LogP contribution in [0.3, 0.4) is 0 Å². The molecule has 1 aliphatic carbocycles. The quantitative estimate of drug-likeness (QED) is 0.840. The predicted octanol–water partition coefficient (Wildman–Crippen LogP) is 3.67. The van der Waals surface area contributed by atoms with E-state index in [4.69, 9.17) is 0 Å². The molecule has 2 unspecified atom stereocenters. The normalized spacial score (nSPS) is 17.2. The Hall–Kier alpha value is -2.14. The van der Waals surface area contributed by atoms with Gasteiger partial charge in [-0.2, -0.15) is 0 Å². The molecule has 5 heteroatoms. The maximum atomic E-state index is 12.5. The van der Waals surface area contributed by atoms with E-state index in [2.05, 4.69) is 21.2 Å². The number of hydrogen-bond acceptors (Lipinski definition) is 2. The minimum atomic E-state index is -1.00. The van der Waals surface area contributed by atoms with E-state index in [0.717, 1.165) is 28.4 Å². The number of nitrogens with one attached hydrogen (secondary N) is 1. The van der Waals surface area contributed by atoms with E-state index in [-0.39, 0.29) is 11.8 Å². The van der Waals surface area contributed by atoms with Gasteiger partial charge in [0.1, 0.15) is 6.04 Å². The van der Waals surface area contributed by atoms with Gasteiger partial charge in [0.15, 0.2) is 0 Å². The molecule has 1 amide bonds. The molecule has 0 saturated carbocycles. The summed E-state index contributed by atoms with van der Waals surface area (Å²) in [4.78, 5) is 24.3. The molecule has 2 N–H and O–H groups in total. The number of carbonyl (C=O) groups is 2. The zero-order valence-corrected chi connectivity index (χ0v) is 14.8. The van der Waals surface area contributed by atoms with Crippen molar-refractivity contribution in [2.75, 3.05) is 0 Å². The van der Waals surface area contributed by atoms with Gasteiger partial charge in [0, 0.05) is 16.0 Å². The van der Waals surface area contributed by atoms with E-state index in [1.165, 1.54) is 5.56 Å². The summed E-state index contributed by atoms with van der Waals surface area (Å²) in [6.07, 6.45) is 1.58. The number of fused-ring (bicyclic) bond motifs is 1. The summed E-state index contributed by atoms with van der Waals surface area (Å²) in [5.41, 5.74) is 3.59. The van der Waals surface area contributed by atoms with E-state index in [9.17, 15) is 14.7 Å². The molecule has 2 aromatic rings. The number of amides is 1. The smallest absolute Gasteiger partial charge is 0.326 e. The Kier molecular flexibility index (Phi) is 4.71. The fourth-order valence-electron chi connectivity index (χ4n) is 3.28. The molecule has 0 aliphatic heterocycles. The molecule has 0 aromatic heterocycles. The molecule has 0 spiro atoms. The largest absolute Gasteiger partial charge is 0.480 e. The molecular formula is C19H18BrNO3. The molecule has 4 nitrogen and oxygen atoms in total. The summed E-state index contributed by atoms with van der Waals surface area (Å²) in [5, 5.41) is 12.3. The number of benzene rings is 2. The Morgan fingerprint density at radius 1 is 1.25 bits per heavy atom. The van der Waals surface area contributed by atoms with Crippen LogP contribution in [0.15, 0.2) is 46.9 Å². The molecule has 2 aromatic carbocycles. The van der Waals surface area contributed by atoms with Gasteiger partial charge in [-0.25, -0.2) is 4.79 Å². The second-order valence-electron chi connectivity index (χ2n) is 6.10. The third-order valence-electron chi connectivity index (χ3n) is 4.55. The summed E-state index contributed by atoms with van der Waals surface area (Å²) in [6.45, 7) is 1.89. The van der Waals surface area contributed by atoms with Gasteiger partial charge in [-0.3, -0.25) is 4.79 Å². The Bertz CT molecular complexity index is 803. The highest BCUT2D eigenvalue weighted by molar-refractivity contribution is 9.10. The number of halogens is 1. The lowest BCUT2D eigenvalue weighted by molar-refractivity contribution is -0.139. The standard InChI is InChI=1S/C19H18BrNO3/c1-11-10-13(7-9-16(11)20)18(22)21-17(19(23)24)15-8-6-12-4-2-3-5-14(12)15/h2-5,7,9-10,15,17H,6,8H2,1H3,(H,21,22)(H,23,24). The number of carbonyl (C=O) groups excluding carboxylic acids is 1. The Morgan fingerprint density at radius 3 is 2.71 bits per heavy atom. The van der Waals surface area contributed by atoms with Crippen molar-refractivity contribution in [1.29, 1.82) is 0 Å². The van der Waals surface area contributed by atoms with Crippen LogP contribution in [0.1, 0.15) is 39.4 Å². The van der Waals surface area contributed by atoms with Crippen molar-refractivity contribution in [2.45, 2.75) is 31.7 Å².